The van der Waals surface area contributed by atoms with Crippen molar-refractivity contribution in [2.75, 3.05) is 7.05 Å². The predicted molar refractivity (Wildman–Crippen MR) is 42.9 cm³/mol. The van der Waals surface area contributed by atoms with Gasteiger partial charge in [-0.2, -0.15) is 0 Å². The second-order valence-corrected chi connectivity index (χ2v) is 2.40. The highest BCUT2D eigenvalue weighted by Gasteiger charge is 2.32. The van der Waals surface area contributed by atoms with Crippen LogP contribution in [0, 0.1) is 5.92 Å². The summed E-state index contributed by atoms with van der Waals surface area (Å²) in [5, 5.41) is 0. The summed E-state index contributed by atoms with van der Waals surface area (Å²) in [5.41, 5.74) is 0. The fourth-order valence-electron chi connectivity index (χ4n) is 0.940. The average molecular weight is 157 g/mol. The van der Waals surface area contributed by atoms with Crippen molar-refractivity contribution in [3.63, 3.8) is 0 Å². The SMILES string of the molecule is CC.CC1CC(=O)N(C)C1=O. The van der Waals surface area contributed by atoms with E-state index in [0.29, 0.717) is 6.42 Å². The van der Waals surface area contributed by atoms with Crippen molar-refractivity contribution in [1.29, 1.82) is 0 Å². The van der Waals surface area contributed by atoms with Crippen LogP contribution in [0.4, 0.5) is 0 Å². The van der Waals surface area contributed by atoms with E-state index in [1.807, 2.05) is 13.8 Å². The Morgan fingerprint density at radius 3 is 1.91 bits per heavy atom. The van der Waals surface area contributed by atoms with Crippen LogP contribution in [-0.4, -0.2) is 23.8 Å². The Morgan fingerprint density at radius 2 is 1.82 bits per heavy atom. The van der Waals surface area contributed by atoms with Crippen LogP contribution in [-0.2, 0) is 9.59 Å². The lowest BCUT2D eigenvalue weighted by Crippen LogP contribution is -2.24. The van der Waals surface area contributed by atoms with E-state index in [0.717, 1.165) is 0 Å². The molecule has 64 valence electrons. The number of nitrogens with zero attached hydrogens (tertiary/aromatic N) is 1. The van der Waals surface area contributed by atoms with Gasteiger partial charge >= 0.3 is 0 Å². The van der Waals surface area contributed by atoms with Crippen molar-refractivity contribution in [2.24, 2.45) is 5.92 Å². The zero-order chi connectivity index (χ0) is 9.02. The van der Waals surface area contributed by atoms with E-state index < -0.39 is 0 Å². The van der Waals surface area contributed by atoms with Crippen LogP contribution in [0.15, 0.2) is 0 Å². The molecule has 1 unspecified atom stereocenters. The molecule has 1 rings (SSSR count). The number of imide groups is 1. The Hall–Kier alpha value is -0.860. The van der Waals surface area contributed by atoms with Gasteiger partial charge in [0, 0.05) is 19.4 Å². The molecule has 0 saturated carbocycles. The summed E-state index contributed by atoms with van der Waals surface area (Å²) < 4.78 is 0. The van der Waals surface area contributed by atoms with Crippen LogP contribution < -0.4 is 0 Å². The van der Waals surface area contributed by atoms with E-state index in [1.54, 1.807) is 6.92 Å². The van der Waals surface area contributed by atoms with Crippen molar-refractivity contribution in [3.05, 3.63) is 0 Å². The van der Waals surface area contributed by atoms with Gasteiger partial charge in [0.25, 0.3) is 0 Å². The normalized spacial score (nSPS) is 23.3. The molecule has 1 aliphatic heterocycles. The zero-order valence-corrected chi connectivity index (χ0v) is 7.55. The molecule has 1 atom stereocenters. The first-order valence-corrected chi connectivity index (χ1v) is 3.93. The third kappa shape index (κ3) is 2.03. The maximum absolute atomic E-state index is 10.8. The Morgan fingerprint density at radius 1 is 1.36 bits per heavy atom. The van der Waals surface area contributed by atoms with E-state index in [2.05, 4.69) is 0 Å². The molecule has 0 N–H and O–H groups in total. The third-order valence-corrected chi connectivity index (χ3v) is 1.61. The Bertz CT molecular complexity index is 165. The Kier molecular flexibility index (Phi) is 3.79. The smallest absolute Gasteiger partial charge is 0.232 e. The van der Waals surface area contributed by atoms with Gasteiger partial charge in [-0.05, 0) is 0 Å². The molecular weight excluding hydrogens is 142 g/mol. The molecule has 0 aromatic carbocycles. The molecule has 0 aliphatic carbocycles. The fraction of sp³-hybridized carbons (Fsp3) is 0.750. The van der Waals surface area contributed by atoms with Gasteiger partial charge in [0.2, 0.25) is 11.8 Å². The lowest BCUT2D eigenvalue weighted by molar-refractivity contribution is -0.137. The van der Waals surface area contributed by atoms with Crippen LogP contribution in [0.2, 0.25) is 0 Å². The molecule has 0 aromatic rings. The van der Waals surface area contributed by atoms with Crippen molar-refractivity contribution >= 4 is 11.8 Å². The van der Waals surface area contributed by atoms with Gasteiger partial charge in [-0.15, -0.1) is 0 Å². The van der Waals surface area contributed by atoms with Crippen LogP contribution in [0.1, 0.15) is 27.2 Å². The summed E-state index contributed by atoms with van der Waals surface area (Å²) in [5.74, 6) is -0.213. The standard InChI is InChI=1S/C6H9NO2.C2H6/c1-4-3-5(8)7(2)6(4)9;1-2/h4H,3H2,1-2H3;1-2H3. The molecule has 0 spiro atoms. The van der Waals surface area contributed by atoms with Crippen molar-refractivity contribution < 1.29 is 9.59 Å². The number of carbonyl (C=O) groups is 2. The van der Waals surface area contributed by atoms with Gasteiger partial charge in [-0.1, -0.05) is 20.8 Å². The van der Waals surface area contributed by atoms with Crippen molar-refractivity contribution in [3.8, 4) is 0 Å². The van der Waals surface area contributed by atoms with E-state index in [9.17, 15) is 9.59 Å². The van der Waals surface area contributed by atoms with Crippen LogP contribution >= 0.6 is 0 Å². The monoisotopic (exact) mass is 157 g/mol. The summed E-state index contributed by atoms with van der Waals surface area (Å²) >= 11 is 0. The first-order chi connectivity index (χ1) is 5.13. The van der Waals surface area contributed by atoms with Crippen molar-refractivity contribution in [1.82, 2.24) is 4.90 Å². The minimum Gasteiger partial charge on any atom is -0.286 e. The Balaban J connectivity index is 0.000000461. The van der Waals surface area contributed by atoms with E-state index in [4.69, 9.17) is 0 Å². The molecule has 3 heteroatoms. The summed E-state index contributed by atoms with van der Waals surface area (Å²) in [6, 6.07) is 0. The minimum atomic E-state index is -0.0949. The van der Waals surface area contributed by atoms with Gasteiger partial charge in [0.05, 0.1) is 0 Å². The van der Waals surface area contributed by atoms with Crippen LogP contribution in [0.25, 0.3) is 0 Å². The molecule has 1 saturated heterocycles. The number of hydrogen-bond acceptors (Lipinski definition) is 2. The van der Waals surface area contributed by atoms with Gasteiger partial charge in [-0.3, -0.25) is 14.5 Å². The molecule has 1 heterocycles. The largest absolute Gasteiger partial charge is 0.286 e. The summed E-state index contributed by atoms with van der Waals surface area (Å²) in [6.07, 6.45) is 0.384. The molecule has 1 aliphatic rings. The Labute approximate surface area is 67.4 Å². The highest BCUT2D eigenvalue weighted by atomic mass is 16.2. The fourth-order valence-corrected chi connectivity index (χ4v) is 0.940. The second kappa shape index (κ2) is 4.11. The topological polar surface area (TPSA) is 37.4 Å². The highest BCUT2D eigenvalue weighted by Crippen LogP contribution is 2.15. The summed E-state index contributed by atoms with van der Waals surface area (Å²) in [6.45, 7) is 5.77. The molecule has 0 aromatic heterocycles. The third-order valence-electron chi connectivity index (χ3n) is 1.61. The maximum atomic E-state index is 10.8. The highest BCUT2D eigenvalue weighted by molar-refractivity contribution is 6.02. The second-order valence-electron chi connectivity index (χ2n) is 2.40. The van der Waals surface area contributed by atoms with Gasteiger partial charge in [0.15, 0.2) is 0 Å². The van der Waals surface area contributed by atoms with Crippen LogP contribution in [0.5, 0.6) is 0 Å². The number of carbonyl (C=O) groups excluding carboxylic acids is 2. The molecule has 0 bridgehead atoms. The first kappa shape index (κ1) is 10.1. The quantitative estimate of drug-likeness (QED) is 0.493. The van der Waals surface area contributed by atoms with Gasteiger partial charge in [-0.25, -0.2) is 0 Å². The molecule has 11 heavy (non-hydrogen) atoms. The summed E-state index contributed by atoms with van der Waals surface area (Å²) in [4.78, 5) is 22.7. The van der Waals surface area contributed by atoms with Crippen LogP contribution in [0.3, 0.4) is 0 Å². The molecule has 1 fully saturated rings. The molecule has 0 radical (unpaired) electrons. The number of likely N-dealkylation sites (tertiary alicyclic amines) is 1. The molecule has 2 amide bonds. The van der Waals surface area contributed by atoms with Gasteiger partial charge < -0.3 is 0 Å². The number of rotatable bonds is 0. The van der Waals surface area contributed by atoms with Gasteiger partial charge in [0.1, 0.15) is 0 Å². The lowest BCUT2D eigenvalue weighted by Gasteiger charge is -2.03. The van der Waals surface area contributed by atoms with Crippen molar-refractivity contribution in [2.45, 2.75) is 27.2 Å². The van der Waals surface area contributed by atoms with E-state index in [1.165, 1.54) is 11.9 Å². The number of amides is 2. The minimum absolute atomic E-state index is 0.0556. The molecule has 3 nitrogen and oxygen atoms in total. The maximum Gasteiger partial charge on any atom is 0.232 e. The zero-order valence-electron chi connectivity index (χ0n) is 7.55. The van der Waals surface area contributed by atoms with E-state index >= 15 is 0 Å². The van der Waals surface area contributed by atoms with E-state index in [-0.39, 0.29) is 17.7 Å². The average Bonchev–Trinajstić information content (AvgIpc) is 2.22. The number of hydrogen-bond donors (Lipinski definition) is 0. The summed E-state index contributed by atoms with van der Waals surface area (Å²) in [7, 11) is 1.52. The lowest BCUT2D eigenvalue weighted by atomic mass is 10.1. The molecular formula is C8H15NO2. The first-order valence-electron chi connectivity index (χ1n) is 3.93. The predicted octanol–water partition coefficient (Wildman–Crippen LogP) is 1.04.